The molecule has 0 aliphatic heterocycles. The van der Waals surface area contributed by atoms with Gasteiger partial charge in [-0.25, -0.2) is 0 Å². The van der Waals surface area contributed by atoms with Crippen LogP contribution in [0.15, 0.2) is 86.2 Å². The first-order valence-corrected chi connectivity index (χ1v) is 11.4. The Kier molecular flexibility index (Phi) is 7.35. The van der Waals surface area contributed by atoms with Crippen LogP contribution in [0, 0.1) is 0 Å². The highest BCUT2D eigenvalue weighted by Gasteiger charge is 2.15. The summed E-state index contributed by atoms with van der Waals surface area (Å²) in [6.45, 7) is 7.57. The van der Waals surface area contributed by atoms with Gasteiger partial charge in [0.05, 0.1) is 25.6 Å². The lowest BCUT2D eigenvalue weighted by molar-refractivity contribution is 0.374. The van der Waals surface area contributed by atoms with E-state index in [4.69, 9.17) is 9.47 Å². The van der Waals surface area contributed by atoms with Crippen LogP contribution in [0.1, 0.15) is 11.1 Å². The van der Waals surface area contributed by atoms with Crippen LogP contribution in [-0.2, 0) is 12.8 Å². The average molecular weight is 481 g/mol. The lowest BCUT2D eigenvalue weighted by Gasteiger charge is -2.13. The summed E-state index contributed by atoms with van der Waals surface area (Å²) < 4.78 is 10.7. The summed E-state index contributed by atoms with van der Waals surface area (Å²) in [6, 6.07) is 14.9. The van der Waals surface area contributed by atoms with E-state index in [0.717, 1.165) is 22.3 Å². The fraction of sp³-hybridized carbons (Fsp3) is 0.133. The molecule has 0 amide bonds. The topological polar surface area (TPSA) is 84.7 Å². The molecule has 4 rings (SSSR count). The van der Waals surface area contributed by atoms with Crippen molar-refractivity contribution in [3.8, 4) is 56.6 Å². The molecule has 0 saturated heterocycles. The first kappa shape index (κ1) is 24.5. The second kappa shape index (κ2) is 10.8. The van der Waals surface area contributed by atoms with E-state index < -0.39 is 0 Å². The Morgan fingerprint density at radius 1 is 0.694 bits per heavy atom. The Hall–Kier alpha value is -4.58. The van der Waals surface area contributed by atoms with Gasteiger partial charge in [-0.15, -0.1) is 13.2 Å². The van der Waals surface area contributed by atoms with Crippen LogP contribution in [0.5, 0.6) is 23.0 Å². The minimum absolute atomic E-state index is 0.0660. The number of benzene rings is 2. The van der Waals surface area contributed by atoms with E-state index in [1.165, 1.54) is 14.2 Å². The Morgan fingerprint density at radius 3 is 1.42 bits per heavy atom. The third-order valence-electron chi connectivity index (χ3n) is 5.88. The zero-order valence-electron chi connectivity index (χ0n) is 20.4. The van der Waals surface area contributed by atoms with E-state index >= 15 is 0 Å². The number of hydrogen-bond acceptors (Lipinski definition) is 6. The predicted octanol–water partition coefficient (Wildman–Crippen LogP) is 6.36. The highest BCUT2D eigenvalue weighted by atomic mass is 16.5. The summed E-state index contributed by atoms with van der Waals surface area (Å²) in [4.78, 5) is 9.14. The van der Waals surface area contributed by atoms with Crippen molar-refractivity contribution in [2.75, 3.05) is 14.2 Å². The monoisotopic (exact) mass is 480 g/mol. The van der Waals surface area contributed by atoms with Crippen molar-refractivity contribution in [2.45, 2.75) is 12.8 Å². The number of methoxy groups -OCH3 is 2. The Balaban J connectivity index is 1.64. The molecule has 182 valence electrons. The molecule has 0 unspecified atom stereocenters. The smallest absolute Gasteiger partial charge is 0.165 e. The SMILES string of the molecule is C=CCc1cc(OC)c(O)c(-c2ccc(-c3ccc(-c4cc(CC=C)cc(OC)c4O)cn3)nc2)c1. The van der Waals surface area contributed by atoms with Crippen molar-refractivity contribution in [1.29, 1.82) is 0 Å². The standard InChI is InChI=1S/C30H28N2O4/c1-5-7-19-13-23(29(33)27(15-19)35-3)21-9-11-25(31-17-21)26-12-10-22(18-32-26)24-14-20(8-6-2)16-28(36-4)30(24)34/h5-6,9-18,33-34H,1-2,7-8H2,3-4H3. The average Bonchev–Trinajstić information content (AvgIpc) is 2.91. The van der Waals surface area contributed by atoms with Crippen molar-refractivity contribution in [3.05, 3.63) is 97.4 Å². The summed E-state index contributed by atoms with van der Waals surface area (Å²) in [5.41, 5.74) is 6.11. The fourth-order valence-electron chi connectivity index (χ4n) is 4.06. The first-order chi connectivity index (χ1) is 17.5. The number of nitrogens with zero attached hydrogens (tertiary/aromatic N) is 2. The number of aromatic hydroxyl groups is 2. The first-order valence-electron chi connectivity index (χ1n) is 11.4. The number of hydrogen-bond donors (Lipinski definition) is 2. The number of pyridine rings is 2. The van der Waals surface area contributed by atoms with Gasteiger partial charge in [0.2, 0.25) is 0 Å². The molecule has 0 saturated carbocycles. The molecule has 0 bridgehead atoms. The number of rotatable bonds is 9. The number of aromatic nitrogens is 2. The highest BCUT2D eigenvalue weighted by Crippen LogP contribution is 2.40. The van der Waals surface area contributed by atoms with Crippen molar-refractivity contribution >= 4 is 0 Å². The van der Waals surface area contributed by atoms with Gasteiger partial charge < -0.3 is 19.7 Å². The van der Waals surface area contributed by atoms with Crippen LogP contribution < -0.4 is 9.47 Å². The summed E-state index contributed by atoms with van der Waals surface area (Å²) in [5, 5.41) is 21.3. The van der Waals surface area contributed by atoms with Gasteiger partial charge in [0.1, 0.15) is 0 Å². The Labute approximate surface area is 210 Å². The molecule has 6 nitrogen and oxygen atoms in total. The van der Waals surface area contributed by atoms with Gasteiger partial charge in [-0.3, -0.25) is 9.97 Å². The third kappa shape index (κ3) is 4.93. The van der Waals surface area contributed by atoms with Gasteiger partial charge >= 0.3 is 0 Å². The maximum Gasteiger partial charge on any atom is 0.165 e. The van der Waals surface area contributed by atoms with Crippen LogP contribution in [0.3, 0.4) is 0 Å². The summed E-state index contributed by atoms with van der Waals surface area (Å²) in [6.07, 6.45) is 8.32. The molecule has 0 aliphatic carbocycles. The van der Waals surface area contributed by atoms with E-state index in [9.17, 15) is 10.2 Å². The van der Waals surface area contributed by atoms with E-state index in [1.54, 1.807) is 36.7 Å². The third-order valence-corrected chi connectivity index (χ3v) is 5.88. The van der Waals surface area contributed by atoms with Gasteiger partial charge in [-0.1, -0.05) is 24.3 Å². The van der Waals surface area contributed by atoms with Crippen molar-refractivity contribution in [1.82, 2.24) is 9.97 Å². The minimum atomic E-state index is 0.0660. The molecule has 0 radical (unpaired) electrons. The fourth-order valence-corrected chi connectivity index (χ4v) is 4.06. The summed E-state index contributed by atoms with van der Waals surface area (Å²) >= 11 is 0. The predicted molar refractivity (Wildman–Crippen MR) is 143 cm³/mol. The van der Waals surface area contributed by atoms with Crippen LogP contribution >= 0.6 is 0 Å². The number of phenols is 2. The van der Waals surface area contributed by atoms with Crippen LogP contribution in [0.4, 0.5) is 0 Å². The maximum atomic E-state index is 10.6. The summed E-state index contributed by atoms with van der Waals surface area (Å²) in [5.74, 6) is 0.943. The van der Waals surface area contributed by atoms with Gasteiger partial charge in [0, 0.05) is 34.6 Å². The second-order valence-corrected chi connectivity index (χ2v) is 8.24. The zero-order chi connectivity index (χ0) is 25.7. The van der Waals surface area contributed by atoms with Crippen molar-refractivity contribution in [3.63, 3.8) is 0 Å². The van der Waals surface area contributed by atoms with Crippen molar-refractivity contribution < 1.29 is 19.7 Å². The molecular formula is C30H28N2O4. The molecule has 0 atom stereocenters. The normalized spacial score (nSPS) is 10.6. The Bertz CT molecular complexity index is 1290. The molecule has 6 heteroatoms. The molecular weight excluding hydrogens is 452 g/mol. The lowest BCUT2D eigenvalue weighted by Crippen LogP contribution is -1.93. The molecule has 2 N–H and O–H groups in total. The number of phenolic OH excluding ortho intramolecular Hbond substituents is 2. The number of allylic oxidation sites excluding steroid dienone is 2. The largest absolute Gasteiger partial charge is 0.504 e. The molecule has 2 heterocycles. The zero-order valence-corrected chi connectivity index (χ0v) is 20.4. The van der Waals surface area contributed by atoms with Gasteiger partial charge in [0.25, 0.3) is 0 Å². The molecule has 4 aromatic rings. The molecule has 2 aromatic heterocycles. The van der Waals surface area contributed by atoms with Gasteiger partial charge in [-0.05, 0) is 60.4 Å². The van der Waals surface area contributed by atoms with Gasteiger partial charge in [-0.2, -0.15) is 0 Å². The molecule has 36 heavy (non-hydrogen) atoms. The quantitative estimate of drug-likeness (QED) is 0.271. The molecule has 0 fully saturated rings. The highest BCUT2D eigenvalue weighted by molar-refractivity contribution is 5.76. The lowest BCUT2D eigenvalue weighted by atomic mass is 10.00. The second-order valence-electron chi connectivity index (χ2n) is 8.24. The molecule has 2 aromatic carbocycles. The summed E-state index contributed by atoms with van der Waals surface area (Å²) in [7, 11) is 3.05. The number of ether oxygens (including phenoxy) is 2. The van der Waals surface area contributed by atoms with Crippen LogP contribution in [-0.4, -0.2) is 34.4 Å². The molecule has 0 aliphatic rings. The van der Waals surface area contributed by atoms with E-state index in [2.05, 4.69) is 23.1 Å². The minimum Gasteiger partial charge on any atom is -0.504 e. The van der Waals surface area contributed by atoms with Crippen molar-refractivity contribution in [2.24, 2.45) is 0 Å². The van der Waals surface area contributed by atoms with Gasteiger partial charge in [0.15, 0.2) is 23.0 Å². The van der Waals surface area contributed by atoms with Crippen LogP contribution in [0.2, 0.25) is 0 Å². The van der Waals surface area contributed by atoms with E-state index in [0.29, 0.717) is 46.9 Å². The van der Waals surface area contributed by atoms with E-state index in [-0.39, 0.29) is 11.5 Å². The van der Waals surface area contributed by atoms with Crippen LogP contribution in [0.25, 0.3) is 33.6 Å². The van der Waals surface area contributed by atoms with E-state index in [1.807, 2.05) is 36.4 Å². The maximum absolute atomic E-state index is 10.6. The Morgan fingerprint density at radius 2 is 1.11 bits per heavy atom. The molecule has 0 spiro atoms.